The van der Waals surface area contributed by atoms with Crippen molar-refractivity contribution in [3.8, 4) is 0 Å². The molecule has 2 unspecified atom stereocenters. The second-order valence-electron chi connectivity index (χ2n) is 4.95. The molecule has 1 fully saturated rings. The van der Waals surface area contributed by atoms with Crippen LogP contribution in [0.2, 0.25) is 0 Å². The zero-order chi connectivity index (χ0) is 11.8. The van der Waals surface area contributed by atoms with Crippen LogP contribution in [-0.2, 0) is 4.79 Å². The van der Waals surface area contributed by atoms with Crippen molar-refractivity contribution in [2.75, 3.05) is 16.8 Å². The van der Waals surface area contributed by atoms with Gasteiger partial charge in [-0.1, -0.05) is 6.42 Å². The van der Waals surface area contributed by atoms with Crippen LogP contribution in [0.15, 0.2) is 18.3 Å². The lowest BCUT2D eigenvalue weighted by Gasteiger charge is -2.22. The summed E-state index contributed by atoms with van der Waals surface area (Å²) in [7, 11) is 0. The third kappa shape index (κ3) is 1.77. The molecule has 1 aliphatic heterocycles. The highest BCUT2D eigenvalue weighted by atomic mass is 16.2. The van der Waals surface area contributed by atoms with Crippen molar-refractivity contribution in [3.05, 3.63) is 18.3 Å². The number of rotatable bonds is 0. The summed E-state index contributed by atoms with van der Waals surface area (Å²) in [4.78, 5) is 17.9. The number of anilines is 2. The predicted molar refractivity (Wildman–Crippen MR) is 67.0 cm³/mol. The molecule has 0 spiro atoms. The van der Waals surface area contributed by atoms with Gasteiger partial charge in [0.25, 0.3) is 0 Å². The molecule has 2 heterocycles. The highest BCUT2D eigenvalue weighted by molar-refractivity contribution is 5.94. The van der Waals surface area contributed by atoms with Crippen molar-refractivity contribution >= 4 is 17.4 Å². The summed E-state index contributed by atoms with van der Waals surface area (Å²) in [5.41, 5.74) is 0.997. The van der Waals surface area contributed by atoms with Crippen LogP contribution in [-0.4, -0.2) is 23.5 Å². The lowest BCUT2D eigenvalue weighted by molar-refractivity contribution is -0.116. The van der Waals surface area contributed by atoms with Crippen LogP contribution in [0.25, 0.3) is 0 Å². The zero-order valence-electron chi connectivity index (χ0n) is 10.0. The van der Waals surface area contributed by atoms with E-state index in [2.05, 4.69) is 10.3 Å². The molecule has 3 rings (SSSR count). The average Bonchev–Trinajstić information content (AvgIpc) is 2.68. The topological polar surface area (TPSA) is 45.2 Å². The maximum atomic E-state index is 11.8. The Balaban J connectivity index is 2.02. The van der Waals surface area contributed by atoms with Gasteiger partial charge in [-0.2, -0.15) is 0 Å². The lowest BCUT2D eigenvalue weighted by atomic mass is 10.0. The van der Waals surface area contributed by atoms with E-state index in [9.17, 15) is 4.79 Å². The molecule has 1 aromatic heterocycles. The Morgan fingerprint density at radius 3 is 3.24 bits per heavy atom. The highest BCUT2D eigenvalue weighted by Crippen LogP contribution is 2.36. The van der Waals surface area contributed by atoms with Gasteiger partial charge in [0, 0.05) is 25.7 Å². The van der Waals surface area contributed by atoms with E-state index >= 15 is 0 Å². The molecular weight excluding hydrogens is 214 g/mol. The Morgan fingerprint density at radius 1 is 1.53 bits per heavy atom. The van der Waals surface area contributed by atoms with E-state index < -0.39 is 0 Å². The van der Waals surface area contributed by atoms with Gasteiger partial charge in [-0.25, -0.2) is 4.98 Å². The van der Waals surface area contributed by atoms with Gasteiger partial charge in [-0.15, -0.1) is 0 Å². The minimum absolute atomic E-state index is 0.0827. The normalized spacial score (nSPS) is 26.8. The molecule has 0 bridgehead atoms. The summed E-state index contributed by atoms with van der Waals surface area (Å²) in [6.45, 7) is 2.42. The molecular formula is C13H17N3O. The third-order valence-corrected chi connectivity index (χ3v) is 3.84. The molecule has 1 aliphatic carbocycles. The number of nitrogens with zero attached hydrogens (tertiary/aromatic N) is 2. The summed E-state index contributed by atoms with van der Waals surface area (Å²) >= 11 is 0. The van der Waals surface area contributed by atoms with Crippen molar-refractivity contribution in [1.82, 2.24) is 4.98 Å². The molecule has 1 amide bonds. The molecule has 1 N–H and O–H groups in total. The Kier molecular flexibility index (Phi) is 2.50. The molecule has 1 aromatic rings. The van der Waals surface area contributed by atoms with Crippen LogP contribution in [0, 0.1) is 5.92 Å². The van der Waals surface area contributed by atoms with Gasteiger partial charge in [0.2, 0.25) is 5.91 Å². The number of pyridine rings is 1. The monoisotopic (exact) mass is 231 g/mol. The van der Waals surface area contributed by atoms with Gasteiger partial charge in [0.15, 0.2) is 5.82 Å². The van der Waals surface area contributed by atoms with E-state index in [1.807, 2.05) is 17.0 Å². The first-order chi connectivity index (χ1) is 8.25. The first-order valence-electron chi connectivity index (χ1n) is 6.25. The van der Waals surface area contributed by atoms with E-state index in [1.165, 1.54) is 19.3 Å². The van der Waals surface area contributed by atoms with E-state index in [1.54, 1.807) is 13.1 Å². The maximum absolute atomic E-state index is 11.8. The number of amides is 1. The largest absolute Gasteiger partial charge is 0.379 e. The molecule has 4 nitrogen and oxygen atoms in total. The molecule has 0 aromatic carbocycles. The third-order valence-electron chi connectivity index (χ3n) is 3.84. The lowest BCUT2D eigenvalue weighted by Crippen LogP contribution is -2.35. The molecule has 90 valence electrons. The SMILES string of the molecule is CC(=O)N1CC2CCCC2Nc2cccnc21. The number of carbonyl (C=O) groups excluding carboxylic acids is 1. The molecule has 2 aliphatic rings. The van der Waals surface area contributed by atoms with E-state index in [4.69, 9.17) is 0 Å². The molecule has 0 saturated heterocycles. The molecule has 4 heteroatoms. The van der Waals surface area contributed by atoms with Gasteiger partial charge < -0.3 is 5.32 Å². The minimum atomic E-state index is 0.0827. The second-order valence-corrected chi connectivity index (χ2v) is 4.95. The maximum Gasteiger partial charge on any atom is 0.225 e. The van der Waals surface area contributed by atoms with Gasteiger partial charge in [-0.05, 0) is 30.9 Å². The van der Waals surface area contributed by atoms with E-state index in [0.717, 1.165) is 18.1 Å². The first-order valence-corrected chi connectivity index (χ1v) is 6.25. The predicted octanol–water partition coefficient (Wildman–Crippen LogP) is 2.03. The number of aromatic nitrogens is 1. The smallest absolute Gasteiger partial charge is 0.225 e. The Labute approximate surface area is 101 Å². The molecule has 2 atom stereocenters. The zero-order valence-corrected chi connectivity index (χ0v) is 10.0. The van der Waals surface area contributed by atoms with Gasteiger partial charge >= 0.3 is 0 Å². The van der Waals surface area contributed by atoms with Gasteiger partial charge in [0.05, 0.1) is 5.69 Å². The molecule has 0 radical (unpaired) electrons. The molecule has 17 heavy (non-hydrogen) atoms. The standard InChI is InChI=1S/C13H17N3O/c1-9(17)16-8-10-4-2-5-11(10)15-12-6-3-7-14-13(12)16/h3,6-7,10-11,15H,2,4-5,8H2,1H3. The van der Waals surface area contributed by atoms with Crippen molar-refractivity contribution in [2.24, 2.45) is 5.92 Å². The Morgan fingerprint density at radius 2 is 2.41 bits per heavy atom. The second kappa shape index (κ2) is 4.02. The van der Waals surface area contributed by atoms with Gasteiger partial charge in [0.1, 0.15) is 0 Å². The first kappa shape index (κ1) is 10.6. The van der Waals surface area contributed by atoms with E-state index in [-0.39, 0.29) is 5.91 Å². The van der Waals surface area contributed by atoms with Gasteiger partial charge in [-0.3, -0.25) is 9.69 Å². The Bertz CT molecular complexity index is 446. The number of hydrogen-bond donors (Lipinski definition) is 1. The number of fused-ring (bicyclic) bond motifs is 2. The summed E-state index contributed by atoms with van der Waals surface area (Å²) in [6.07, 6.45) is 5.40. The fourth-order valence-electron chi connectivity index (χ4n) is 2.97. The van der Waals surface area contributed by atoms with Crippen LogP contribution >= 0.6 is 0 Å². The van der Waals surface area contributed by atoms with Crippen molar-refractivity contribution in [3.63, 3.8) is 0 Å². The van der Waals surface area contributed by atoms with Crippen LogP contribution in [0.5, 0.6) is 0 Å². The fraction of sp³-hybridized carbons (Fsp3) is 0.538. The van der Waals surface area contributed by atoms with Crippen molar-refractivity contribution in [2.45, 2.75) is 32.2 Å². The quantitative estimate of drug-likeness (QED) is 0.743. The summed E-state index contributed by atoms with van der Waals surface area (Å²) in [5.74, 6) is 1.43. The van der Waals surface area contributed by atoms with E-state index in [0.29, 0.717) is 12.0 Å². The average molecular weight is 231 g/mol. The van der Waals surface area contributed by atoms with Crippen LogP contribution in [0.1, 0.15) is 26.2 Å². The van der Waals surface area contributed by atoms with Crippen LogP contribution in [0.3, 0.4) is 0 Å². The fourth-order valence-corrected chi connectivity index (χ4v) is 2.97. The number of nitrogens with one attached hydrogen (secondary N) is 1. The minimum Gasteiger partial charge on any atom is -0.379 e. The van der Waals surface area contributed by atoms with Crippen molar-refractivity contribution < 1.29 is 4.79 Å². The number of carbonyl (C=O) groups is 1. The Hall–Kier alpha value is -1.58. The summed E-state index contributed by atoms with van der Waals surface area (Å²) < 4.78 is 0. The molecule has 1 saturated carbocycles. The van der Waals surface area contributed by atoms with Crippen molar-refractivity contribution in [1.29, 1.82) is 0 Å². The van der Waals surface area contributed by atoms with Crippen LogP contribution in [0.4, 0.5) is 11.5 Å². The van der Waals surface area contributed by atoms with Crippen LogP contribution < -0.4 is 10.2 Å². The number of hydrogen-bond acceptors (Lipinski definition) is 3. The summed E-state index contributed by atoms with van der Waals surface area (Å²) in [6, 6.07) is 4.43. The summed E-state index contributed by atoms with van der Waals surface area (Å²) in [5, 5.41) is 3.55. The highest BCUT2D eigenvalue weighted by Gasteiger charge is 2.34.